The lowest BCUT2D eigenvalue weighted by Gasteiger charge is -2.12. The molecule has 138 valence electrons. The first-order valence-electron chi connectivity index (χ1n) is 8.36. The third kappa shape index (κ3) is 4.01. The molecule has 0 bridgehead atoms. The van der Waals surface area contributed by atoms with Crippen LogP contribution in [0.25, 0.3) is 5.69 Å². The lowest BCUT2D eigenvalue weighted by molar-refractivity contribution is -0.114. The van der Waals surface area contributed by atoms with Crippen LogP contribution >= 0.6 is 11.6 Å². The molecule has 0 radical (unpaired) electrons. The van der Waals surface area contributed by atoms with Crippen molar-refractivity contribution in [3.8, 4) is 5.69 Å². The number of amides is 2. The minimum Gasteiger partial charge on any atom is -0.326 e. The van der Waals surface area contributed by atoms with Crippen LogP contribution in [0.5, 0.6) is 0 Å². The predicted molar refractivity (Wildman–Crippen MR) is 107 cm³/mol. The van der Waals surface area contributed by atoms with Crippen molar-refractivity contribution in [3.63, 3.8) is 0 Å². The number of nitrogens with zero attached hydrogens (tertiary/aromatic N) is 2. The summed E-state index contributed by atoms with van der Waals surface area (Å²) >= 11 is 6.04. The molecular formula is C20H19ClN4O2. The number of hydrogen-bond acceptors (Lipinski definition) is 3. The van der Waals surface area contributed by atoms with E-state index in [2.05, 4.69) is 15.7 Å². The molecule has 1 heterocycles. The van der Waals surface area contributed by atoms with Crippen molar-refractivity contribution < 1.29 is 9.59 Å². The first kappa shape index (κ1) is 18.7. The van der Waals surface area contributed by atoms with E-state index < -0.39 is 0 Å². The lowest BCUT2D eigenvalue weighted by atomic mass is 10.1. The van der Waals surface area contributed by atoms with E-state index >= 15 is 0 Å². The molecule has 0 aliphatic heterocycles. The Labute approximate surface area is 162 Å². The van der Waals surface area contributed by atoms with E-state index in [1.807, 2.05) is 26.0 Å². The first-order valence-corrected chi connectivity index (χ1v) is 8.73. The molecule has 27 heavy (non-hydrogen) atoms. The maximum Gasteiger partial charge on any atom is 0.259 e. The molecule has 0 aliphatic rings. The molecule has 0 fully saturated rings. The van der Waals surface area contributed by atoms with Gasteiger partial charge >= 0.3 is 0 Å². The van der Waals surface area contributed by atoms with Gasteiger partial charge in [-0.2, -0.15) is 5.10 Å². The molecular weight excluding hydrogens is 364 g/mol. The molecule has 0 atom stereocenters. The molecule has 2 N–H and O–H groups in total. The fourth-order valence-corrected chi connectivity index (χ4v) is 2.97. The Hall–Kier alpha value is -3.12. The number of rotatable bonds is 4. The monoisotopic (exact) mass is 382 g/mol. The molecule has 3 rings (SSSR count). The second-order valence-electron chi connectivity index (χ2n) is 6.15. The molecule has 7 heteroatoms. The standard InChI is InChI=1S/C20H19ClN4O2/c1-12-18(23-14(3)26)8-5-9-19(12)24-20(27)17-11-22-25(13(17)2)16-7-4-6-15(21)10-16/h4-11H,1-3H3,(H,23,26)(H,24,27). The number of nitrogens with one attached hydrogen (secondary N) is 2. The molecule has 1 aromatic heterocycles. The summed E-state index contributed by atoms with van der Waals surface area (Å²) in [6, 6.07) is 12.6. The van der Waals surface area contributed by atoms with E-state index in [9.17, 15) is 9.59 Å². The number of hydrogen-bond donors (Lipinski definition) is 2. The topological polar surface area (TPSA) is 76.0 Å². The van der Waals surface area contributed by atoms with Crippen molar-refractivity contribution in [1.82, 2.24) is 9.78 Å². The van der Waals surface area contributed by atoms with Crippen LogP contribution in [0.4, 0.5) is 11.4 Å². The summed E-state index contributed by atoms with van der Waals surface area (Å²) in [5, 5.41) is 10.5. The van der Waals surface area contributed by atoms with E-state index in [0.717, 1.165) is 11.3 Å². The second kappa shape index (κ2) is 7.63. The van der Waals surface area contributed by atoms with Gasteiger partial charge in [0, 0.05) is 23.3 Å². The molecule has 0 unspecified atom stereocenters. The molecule has 0 spiro atoms. The van der Waals surface area contributed by atoms with Gasteiger partial charge in [-0.3, -0.25) is 9.59 Å². The lowest BCUT2D eigenvalue weighted by Crippen LogP contribution is -2.15. The Balaban J connectivity index is 1.87. The van der Waals surface area contributed by atoms with Crippen LogP contribution < -0.4 is 10.6 Å². The van der Waals surface area contributed by atoms with Crippen molar-refractivity contribution >= 4 is 34.8 Å². The molecule has 6 nitrogen and oxygen atoms in total. The minimum absolute atomic E-state index is 0.166. The molecule has 3 aromatic rings. The SMILES string of the molecule is CC(=O)Nc1cccc(NC(=O)c2cnn(-c3cccc(Cl)c3)c2C)c1C. The molecule has 0 saturated heterocycles. The van der Waals surface area contributed by atoms with Gasteiger partial charge < -0.3 is 10.6 Å². The van der Waals surface area contributed by atoms with Crippen LogP contribution in [-0.4, -0.2) is 21.6 Å². The highest BCUT2D eigenvalue weighted by molar-refractivity contribution is 6.30. The third-order valence-corrected chi connectivity index (χ3v) is 4.43. The molecule has 2 amide bonds. The quantitative estimate of drug-likeness (QED) is 0.704. The van der Waals surface area contributed by atoms with Crippen molar-refractivity contribution in [2.75, 3.05) is 10.6 Å². The van der Waals surface area contributed by atoms with Crippen LogP contribution in [0, 0.1) is 13.8 Å². The molecule has 2 aromatic carbocycles. The van der Waals surface area contributed by atoms with Gasteiger partial charge in [0.1, 0.15) is 0 Å². The van der Waals surface area contributed by atoms with E-state index in [-0.39, 0.29) is 11.8 Å². The summed E-state index contributed by atoms with van der Waals surface area (Å²) in [5.74, 6) is -0.441. The third-order valence-electron chi connectivity index (χ3n) is 4.20. The average Bonchev–Trinajstić information content (AvgIpc) is 2.99. The number of anilines is 2. The molecule has 0 aliphatic carbocycles. The fourth-order valence-electron chi connectivity index (χ4n) is 2.79. The zero-order chi connectivity index (χ0) is 19.6. The largest absolute Gasteiger partial charge is 0.326 e. The Bertz CT molecular complexity index is 1030. The molecule has 0 saturated carbocycles. The zero-order valence-corrected chi connectivity index (χ0v) is 16.0. The van der Waals surface area contributed by atoms with Crippen LogP contribution in [0.3, 0.4) is 0 Å². The van der Waals surface area contributed by atoms with Crippen LogP contribution in [-0.2, 0) is 4.79 Å². The predicted octanol–water partition coefficient (Wildman–Crippen LogP) is 4.35. The van der Waals surface area contributed by atoms with Gasteiger partial charge in [-0.1, -0.05) is 23.7 Å². The number of halogens is 1. The Morgan fingerprint density at radius 2 is 1.70 bits per heavy atom. The van der Waals surface area contributed by atoms with Gasteiger partial charge in [0.15, 0.2) is 0 Å². The summed E-state index contributed by atoms with van der Waals surface area (Å²) in [7, 11) is 0. The summed E-state index contributed by atoms with van der Waals surface area (Å²) in [6.45, 7) is 5.10. The van der Waals surface area contributed by atoms with E-state index in [0.29, 0.717) is 27.7 Å². The van der Waals surface area contributed by atoms with Crippen molar-refractivity contribution in [2.45, 2.75) is 20.8 Å². The number of benzene rings is 2. The fraction of sp³-hybridized carbons (Fsp3) is 0.150. The highest BCUT2D eigenvalue weighted by Gasteiger charge is 2.17. The normalized spacial score (nSPS) is 10.5. The second-order valence-corrected chi connectivity index (χ2v) is 6.59. The van der Waals surface area contributed by atoms with Gasteiger partial charge in [-0.05, 0) is 49.7 Å². The smallest absolute Gasteiger partial charge is 0.259 e. The number of aromatic nitrogens is 2. The van der Waals surface area contributed by atoms with Crippen molar-refractivity contribution in [2.24, 2.45) is 0 Å². The van der Waals surface area contributed by atoms with E-state index in [4.69, 9.17) is 11.6 Å². The van der Waals surface area contributed by atoms with Crippen LogP contribution in [0.2, 0.25) is 5.02 Å². The van der Waals surface area contributed by atoms with Gasteiger partial charge in [0.2, 0.25) is 5.91 Å². The van der Waals surface area contributed by atoms with E-state index in [1.165, 1.54) is 13.1 Å². The Morgan fingerprint density at radius 3 is 2.37 bits per heavy atom. The van der Waals surface area contributed by atoms with Gasteiger partial charge in [-0.15, -0.1) is 0 Å². The number of carbonyl (C=O) groups excluding carboxylic acids is 2. The van der Waals surface area contributed by atoms with Gasteiger partial charge in [-0.25, -0.2) is 4.68 Å². The first-order chi connectivity index (χ1) is 12.9. The van der Waals surface area contributed by atoms with E-state index in [1.54, 1.807) is 35.0 Å². The summed E-state index contributed by atoms with van der Waals surface area (Å²) in [4.78, 5) is 24.1. The maximum atomic E-state index is 12.8. The van der Waals surface area contributed by atoms with Crippen molar-refractivity contribution in [3.05, 3.63) is 70.5 Å². The highest BCUT2D eigenvalue weighted by Crippen LogP contribution is 2.25. The summed E-state index contributed by atoms with van der Waals surface area (Å²) < 4.78 is 1.67. The summed E-state index contributed by atoms with van der Waals surface area (Å²) in [6.07, 6.45) is 1.53. The highest BCUT2D eigenvalue weighted by atomic mass is 35.5. The zero-order valence-electron chi connectivity index (χ0n) is 15.2. The Kier molecular flexibility index (Phi) is 5.28. The number of carbonyl (C=O) groups is 2. The van der Waals surface area contributed by atoms with Crippen molar-refractivity contribution in [1.29, 1.82) is 0 Å². The van der Waals surface area contributed by atoms with Crippen LogP contribution in [0.1, 0.15) is 28.5 Å². The summed E-state index contributed by atoms with van der Waals surface area (Å²) in [5.41, 5.74) is 4.00. The maximum absolute atomic E-state index is 12.8. The average molecular weight is 383 g/mol. The van der Waals surface area contributed by atoms with Crippen LogP contribution in [0.15, 0.2) is 48.7 Å². The Morgan fingerprint density at radius 1 is 1.04 bits per heavy atom. The minimum atomic E-state index is -0.274. The van der Waals surface area contributed by atoms with Gasteiger partial charge in [0.05, 0.1) is 23.1 Å². The van der Waals surface area contributed by atoms with Gasteiger partial charge in [0.25, 0.3) is 5.91 Å².